The Labute approximate surface area is 91.1 Å². The van der Waals surface area contributed by atoms with E-state index in [1.54, 1.807) is 6.07 Å². The van der Waals surface area contributed by atoms with Crippen LogP contribution in [0.1, 0.15) is 5.69 Å². The minimum absolute atomic E-state index is 0.118. The molecule has 0 unspecified atom stereocenters. The van der Waals surface area contributed by atoms with E-state index >= 15 is 0 Å². The van der Waals surface area contributed by atoms with E-state index in [2.05, 4.69) is 26.2 Å². The van der Waals surface area contributed by atoms with E-state index in [1.807, 2.05) is 13.0 Å². The van der Waals surface area contributed by atoms with E-state index in [0.29, 0.717) is 5.82 Å². The van der Waals surface area contributed by atoms with Gasteiger partial charge in [-0.3, -0.25) is 0 Å². The maximum Gasteiger partial charge on any atom is 0.126 e. The Kier molecular flexibility index (Phi) is 4.31. The Bertz CT molecular complexity index is 303. The third kappa shape index (κ3) is 2.94. The summed E-state index contributed by atoms with van der Waals surface area (Å²) in [4.78, 5) is 4.23. The molecule has 0 bridgehead atoms. The lowest BCUT2D eigenvalue weighted by atomic mass is 10.3. The van der Waals surface area contributed by atoms with Crippen LogP contribution in [-0.2, 0) is 0 Å². The Balaban J connectivity index is 2.72. The lowest BCUT2D eigenvalue weighted by molar-refractivity contribution is 0.203. The SMILES string of the molecule is Cc1nc(NC(CO)CO)ccc1Br. The smallest absolute Gasteiger partial charge is 0.126 e. The summed E-state index contributed by atoms with van der Waals surface area (Å²) in [6.07, 6.45) is 0. The first-order valence-corrected chi connectivity index (χ1v) is 5.08. The number of pyridine rings is 1. The van der Waals surface area contributed by atoms with Crippen molar-refractivity contribution in [2.75, 3.05) is 18.5 Å². The van der Waals surface area contributed by atoms with Gasteiger partial charge in [-0.2, -0.15) is 0 Å². The van der Waals surface area contributed by atoms with Crippen LogP contribution in [0.2, 0.25) is 0 Å². The lowest BCUT2D eigenvalue weighted by Crippen LogP contribution is -2.28. The fourth-order valence-electron chi connectivity index (χ4n) is 0.983. The minimum atomic E-state index is -0.358. The Morgan fingerprint density at radius 2 is 2.07 bits per heavy atom. The van der Waals surface area contributed by atoms with E-state index in [4.69, 9.17) is 10.2 Å². The van der Waals surface area contributed by atoms with Crippen LogP contribution >= 0.6 is 15.9 Å². The highest BCUT2D eigenvalue weighted by atomic mass is 79.9. The van der Waals surface area contributed by atoms with Gasteiger partial charge in [0, 0.05) is 4.47 Å². The van der Waals surface area contributed by atoms with Crippen molar-refractivity contribution >= 4 is 21.7 Å². The third-order valence-electron chi connectivity index (χ3n) is 1.81. The van der Waals surface area contributed by atoms with Crippen LogP contribution in [0, 0.1) is 6.92 Å². The molecule has 4 nitrogen and oxygen atoms in total. The van der Waals surface area contributed by atoms with Crippen LogP contribution in [0.25, 0.3) is 0 Å². The highest BCUT2D eigenvalue weighted by Crippen LogP contribution is 2.16. The van der Waals surface area contributed by atoms with Crippen LogP contribution < -0.4 is 5.32 Å². The zero-order valence-electron chi connectivity index (χ0n) is 7.87. The molecule has 0 atom stereocenters. The van der Waals surface area contributed by atoms with Crippen molar-refractivity contribution in [2.45, 2.75) is 13.0 Å². The second-order valence-corrected chi connectivity index (χ2v) is 3.82. The molecular formula is C9H13BrN2O2. The monoisotopic (exact) mass is 260 g/mol. The number of aliphatic hydroxyl groups is 2. The van der Waals surface area contributed by atoms with Gasteiger partial charge in [0.25, 0.3) is 0 Å². The largest absolute Gasteiger partial charge is 0.394 e. The molecule has 78 valence electrons. The molecule has 0 aliphatic heterocycles. The number of halogens is 1. The highest BCUT2D eigenvalue weighted by Gasteiger charge is 2.06. The maximum atomic E-state index is 8.85. The molecule has 1 rings (SSSR count). The predicted molar refractivity (Wildman–Crippen MR) is 58.3 cm³/mol. The molecule has 0 aliphatic carbocycles. The molecule has 0 spiro atoms. The molecule has 14 heavy (non-hydrogen) atoms. The van der Waals surface area contributed by atoms with Crippen LogP contribution in [0.15, 0.2) is 16.6 Å². The van der Waals surface area contributed by atoms with Crippen molar-refractivity contribution in [3.63, 3.8) is 0 Å². The van der Waals surface area contributed by atoms with Gasteiger partial charge in [-0.15, -0.1) is 0 Å². The van der Waals surface area contributed by atoms with E-state index < -0.39 is 0 Å². The molecule has 1 aromatic heterocycles. The lowest BCUT2D eigenvalue weighted by Gasteiger charge is -2.14. The fraction of sp³-hybridized carbons (Fsp3) is 0.444. The summed E-state index contributed by atoms with van der Waals surface area (Å²) in [7, 11) is 0. The van der Waals surface area contributed by atoms with Crippen molar-refractivity contribution in [3.05, 3.63) is 22.3 Å². The maximum absolute atomic E-state index is 8.85. The fourth-order valence-corrected chi connectivity index (χ4v) is 1.20. The number of hydrogen-bond donors (Lipinski definition) is 3. The molecule has 0 aromatic carbocycles. The van der Waals surface area contributed by atoms with Crippen LogP contribution in [0.5, 0.6) is 0 Å². The number of hydrogen-bond acceptors (Lipinski definition) is 4. The van der Waals surface area contributed by atoms with Gasteiger partial charge in [-0.1, -0.05) is 0 Å². The first kappa shape index (κ1) is 11.4. The first-order chi connectivity index (χ1) is 6.67. The molecule has 0 saturated carbocycles. The number of nitrogens with zero attached hydrogens (tertiary/aromatic N) is 1. The van der Waals surface area contributed by atoms with Crippen molar-refractivity contribution in [3.8, 4) is 0 Å². The summed E-state index contributed by atoms with van der Waals surface area (Å²) in [5.74, 6) is 0.652. The molecule has 1 aromatic rings. The molecule has 0 saturated heterocycles. The predicted octanol–water partition coefficient (Wildman–Crippen LogP) is 0.918. The second kappa shape index (κ2) is 5.29. The number of aliphatic hydroxyl groups excluding tert-OH is 2. The van der Waals surface area contributed by atoms with Crippen molar-refractivity contribution in [1.82, 2.24) is 4.98 Å². The van der Waals surface area contributed by atoms with E-state index in [9.17, 15) is 0 Å². The highest BCUT2D eigenvalue weighted by molar-refractivity contribution is 9.10. The molecular weight excluding hydrogens is 248 g/mol. The average Bonchev–Trinajstić information content (AvgIpc) is 2.19. The van der Waals surface area contributed by atoms with Gasteiger partial charge < -0.3 is 15.5 Å². The summed E-state index contributed by atoms with van der Waals surface area (Å²) >= 11 is 3.34. The Morgan fingerprint density at radius 3 is 2.57 bits per heavy atom. The number of rotatable bonds is 4. The molecule has 1 heterocycles. The average molecular weight is 261 g/mol. The van der Waals surface area contributed by atoms with E-state index in [0.717, 1.165) is 10.2 Å². The first-order valence-electron chi connectivity index (χ1n) is 4.28. The molecule has 5 heteroatoms. The minimum Gasteiger partial charge on any atom is -0.394 e. The van der Waals surface area contributed by atoms with Gasteiger partial charge in [0.15, 0.2) is 0 Å². The summed E-state index contributed by atoms with van der Waals surface area (Å²) in [6.45, 7) is 1.64. The zero-order valence-corrected chi connectivity index (χ0v) is 9.45. The zero-order chi connectivity index (χ0) is 10.6. The number of aromatic nitrogens is 1. The number of nitrogens with one attached hydrogen (secondary N) is 1. The summed E-state index contributed by atoms with van der Waals surface area (Å²) in [5, 5.41) is 20.6. The normalized spacial score (nSPS) is 10.6. The topological polar surface area (TPSA) is 65.4 Å². The van der Waals surface area contributed by atoms with Crippen molar-refractivity contribution in [2.24, 2.45) is 0 Å². The van der Waals surface area contributed by atoms with Gasteiger partial charge in [0.05, 0.1) is 24.9 Å². The van der Waals surface area contributed by atoms with Crippen LogP contribution in [0.3, 0.4) is 0 Å². The van der Waals surface area contributed by atoms with Crippen molar-refractivity contribution < 1.29 is 10.2 Å². The number of aryl methyl sites for hydroxylation is 1. The Morgan fingerprint density at radius 1 is 1.43 bits per heavy atom. The molecule has 0 aliphatic rings. The molecule has 0 fully saturated rings. The summed E-state index contributed by atoms with van der Waals surface area (Å²) < 4.78 is 0.938. The summed E-state index contributed by atoms with van der Waals surface area (Å²) in [6, 6.07) is 3.30. The van der Waals surface area contributed by atoms with E-state index in [1.165, 1.54) is 0 Å². The van der Waals surface area contributed by atoms with Crippen LogP contribution in [0.4, 0.5) is 5.82 Å². The Hall–Kier alpha value is -0.650. The van der Waals surface area contributed by atoms with Gasteiger partial charge in [0.2, 0.25) is 0 Å². The second-order valence-electron chi connectivity index (χ2n) is 2.97. The summed E-state index contributed by atoms with van der Waals surface area (Å²) in [5.41, 5.74) is 0.865. The van der Waals surface area contributed by atoms with Gasteiger partial charge in [-0.05, 0) is 35.0 Å². The van der Waals surface area contributed by atoms with Gasteiger partial charge >= 0.3 is 0 Å². The van der Waals surface area contributed by atoms with E-state index in [-0.39, 0.29) is 19.3 Å². The number of anilines is 1. The van der Waals surface area contributed by atoms with Gasteiger partial charge in [-0.25, -0.2) is 4.98 Å². The quantitative estimate of drug-likeness (QED) is 0.754. The third-order valence-corrected chi connectivity index (χ3v) is 2.65. The van der Waals surface area contributed by atoms with Crippen LogP contribution in [-0.4, -0.2) is 34.5 Å². The van der Waals surface area contributed by atoms with Crippen molar-refractivity contribution in [1.29, 1.82) is 0 Å². The molecule has 0 amide bonds. The molecule has 0 radical (unpaired) electrons. The van der Waals surface area contributed by atoms with Gasteiger partial charge in [0.1, 0.15) is 5.82 Å². The molecule has 3 N–H and O–H groups in total. The standard InChI is InChI=1S/C9H13BrN2O2/c1-6-8(10)2-3-9(11-6)12-7(4-13)5-14/h2-3,7,13-14H,4-5H2,1H3,(H,11,12).